The van der Waals surface area contributed by atoms with Gasteiger partial charge in [0, 0.05) is 0 Å². The number of hydrogen-bond acceptors (Lipinski definition) is 2. The molecule has 0 spiro atoms. The van der Waals surface area contributed by atoms with E-state index in [4.69, 9.17) is 0 Å². The van der Waals surface area contributed by atoms with E-state index in [0.29, 0.717) is 0 Å². The van der Waals surface area contributed by atoms with Crippen molar-refractivity contribution >= 4 is 5.78 Å². The van der Waals surface area contributed by atoms with Gasteiger partial charge in [0.05, 0.1) is 12.0 Å². The van der Waals surface area contributed by atoms with Crippen molar-refractivity contribution < 1.29 is 9.90 Å². The number of hydrogen-bond donors (Lipinski definition) is 1. The number of carbonyl (C=O) groups is 1. The summed E-state index contributed by atoms with van der Waals surface area (Å²) in [6.45, 7) is 14.8. The van der Waals surface area contributed by atoms with Crippen LogP contribution in [0, 0.1) is 16.7 Å². The molecule has 0 saturated carbocycles. The van der Waals surface area contributed by atoms with Crippen LogP contribution in [0.25, 0.3) is 0 Å². The Kier molecular flexibility index (Phi) is 3.68. The van der Waals surface area contributed by atoms with Crippen molar-refractivity contribution in [2.75, 3.05) is 0 Å². The van der Waals surface area contributed by atoms with Crippen LogP contribution >= 0.6 is 0 Å². The summed E-state index contributed by atoms with van der Waals surface area (Å²) >= 11 is 0. The summed E-state index contributed by atoms with van der Waals surface area (Å²) < 4.78 is 0. The Morgan fingerprint density at radius 3 is 2.24 bits per heavy atom. The molecule has 2 heteroatoms. The van der Waals surface area contributed by atoms with Gasteiger partial charge in [-0.2, -0.15) is 0 Å². The predicted octanol–water partition coefficient (Wildman–Crippen LogP) is 3.12. The molecule has 2 unspecified atom stereocenters. The summed E-state index contributed by atoms with van der Waals surface area (Å²) in [6, 6.07) is 0. The minimum Gasteiger partial charge on any atom is -0.388 e. The quantitative estimate of drug-likeness (QED) is 0.764. The van der Waals surface area contributed by atoms with E-state index in [-0.39, 0.29) is 16.6 Å². The fraction of sp³-hybridized carbons (Fsp3) is 0.667. The zero-order valence-corrected chi connectivity index (χ0v) is 11.6. The molecule has 0 aliphatic heterocycles. The summed E-state index contributed by atoms with van der Waals surface area (Å²) in [7, 11) is 0. The van der Waals surface area contributed by atoms with E-state index < -0.39 is 12.0 Å². The Hall–Kier alpha value is -0.890. The molecule has 0 amide bonds. The van der Waals surface area contributed by atoms with Crippen molar-refractivity contribution in [2.24, 2.45) is 16.7 Å². The molecule has 0 aromatic carbocycles. The van der Waals surface area contributed by atoms with Crippen molar-refractivity contribution in [3.8, 4) is 0 Å². The van der Waals surface area contributed by atoms with E-state index >= 15 is 0 Å². The first-order valence-electron chi connectivity index (χ1n) is 6.14. The molecule has 0 aromatic heterocycles. The van der Waals surface area contributed by atoms with Crippen LogP contribution in [-0.4, -0.2) is 17.0 Å². The Morgan fingerprint density at radius 2 is 1.88 bits per heavy atom. The summed E-state index contributed by atoms with van der Waals surface area (Å²) in [5.41, 5.74) is 0.868. The van der Waals surface area contributed by atoms with Crippen LogP contribution < -0.4 is 0 Å². The van der Waals surface area contributed by atoms with Gasteiger partial charge in [0.25, 0.3) is 0 Å². The van der Waals surface area contributed by atoms with E-state index in [1.165, 1.54) is 6.08 Å². The lowest BCUT2D eigenvalue weighted by molar-refractivity contribution is -0.118. The van der Waals surface area contributed by atoms with Crippen LogP contribution in [0.5, 0.6) is 0 Å². The highest BCUT2D eigenvalue weighted by molar-refractivity contribution is 5.97. The number of carbonyl (C=O) groups excluding carboxylic acids is 1. The first kappa shape index (κ1) is 14.2. The standard InChI is InChI=1S/C15H24O2/c1-10(13-11(16)7-8-12(13)17)15(5,6)9-14(2,3)4/h7-8,11,13,16H,1,9H2,2-6H3. The molecule has 2 nitrogen and oxygen atoms in total. The third kappa shape index (κ3) is 3.29. The molecule has 1 N–H and O–H groups in total. The zero-order chi connectivity index (χ0) is 13.4. The molecule has 0 saturated heterocycles. The van der Waals surface area contributed by atoms with Crippen molar-refractivity contribution in [1.29, 1.82) is 0 Å². The van der Waals surface area contributed by atoms with Gasteiger partial charge in [0.2, 0.25) is 0 Å². The summed E-state index contributed by atoms with van der Waals surface area (Å²) in [4.78, 5) is 11.7. The lowest BCUT2D eigenvalue weighted by Crippen LogP contribution is -2.32. The molecule has 2 atom stereocenters. The fourth-order valence-corrected chi connectivity index (χ4v) is 2.81. The number of aliphatic hydroxyl groups excluding tert-OH is 1. The van der Waals surface area contributed by atoms with Crippen molar-refractivity contribution in [3.63, 3.8) is 0 Å². The van der Waals surface area contributed by atoms with Crippen molar-refractivity contribution in [1.82, 2.24) is 0 Å². The van der Waals surface area contributed by atoms with Gasteiger partial charge in [0.1, 0.15) is 0 Å². The Balaban J connectivity index is 2.86. The first-order chi connectivity index (χ1) is 7.54. The maximum Gasteiger partial charge on any atom is 0.165 e. The smallest absolute Gasteiger partial charge is 0.165 e. The first-order valence-corrected chi connectivity index (χ1v) is 6.14. The molecule has 1 aliphatic rings. The van der Waals surface area contributed by atoms with Crippen molar-refractivity contribution in [2.45, 2.75) is 47.1 Å². The van der Waals surface area contributed by atoms with E-state index in [0.717, 1.165) is 12.0 Å². The van der Waals surface area contributed by atoms with Crippen LogP contribution in [0.15, 0.2) is 24.3 Å². The fourth-order valence-electron chi connectivity index (χ4n) is 2.81. The lowest BCUT2D eigenvalue weighted by atomic mass is 9.68. The van der Waals surface area contributed by atoms with E-state index in [1.54, 1.807) is 6.08 Å². The topological polar surface area (TPSA) is 37.3 Å². The molecule has 17 heavy (non-hydrogen) atoms. The van der Waals surface area contributed by atoms with Crippen LogP contribution in [0.3, 0.4) is 0 Å². The minimum atomic E-state index is -0.700. The van der Waals surface area contributed by atoms with E-state index in [9.17, 15) is 9.90 Å². The zero-order valence-electron chi connectivity index (χ0n) is 11.6. The summed E-state index contributed by atoms with van der Waals surface area (Å²) in [5.74, 6) is -0.475. The Morgan fingerprint density at radius 1 is 1.35 bits per heavy atom. The normalized spacial score (nSPS) is 25.4. The lowest BCUT2D eigenvalue weighted by Gasteiger charge is -2.37. The molecule has 0 aromatic rings. The highest BCUT2D eigenvalue weighted by Gasteiger charge is 2.39. The third-order valence-corrected chi connectivity index (χ3v) is 3.32. The van der Waals surface area contributed by atoms with Crippen LogP contribution in [0.4, 0.5) is 0 Å². The largest absolute Gasteiger partial charge is 0.388 e. The monoisotopic (exact) mass is 236 g/mol. The second-order valence-electron chi connectivity index (χ2n) is 6.88. The SMILES string of the molecule is C=C(C1C(=O)C=CC1O)C(C)(C)CC(C)(C)C. The minimum absolute atomic E-state index is 0.0236. The van der Waals surface area contributed by atoms with Gasteiger partial charge in [-0.05, 0) is 23.3 Å². The molecular weight excluding hydrogens is 212 g/mol. The van der Waals surface area contributed by atoms with Gasteiger partial charge in [-0.3, -0.25) is 4.79 Å². The number of aliphatic hydroxyl groups is 1. The molecule has 1 aliphatic carbocycles. The molecule has 0 heterocycles. The third-order valence-electron chi connectivity index (χ3n) is 3.32. The average molecular weight is 236 g/mol. The van der Waals surface area contributed by atoms with Crippen LogP contribution in [-0.2, 0) is 4.79 Å². The number of allylic oxidation sites excluding steroid dienone is 1. The molecule has 1 rings (SSSR count). The van der Waals surface area contributed by atoms with Gasteiger partial charge in [-0.15, -0.1) is 0 Å². The van der Waals surface area contributed by atoms with Crippen molar-refractivity contribution in [3.05, 3.63) is 24.3 Å². The van der Waals surface area contributed by atoms with Gasteiger partial charge in [0.15, 0.2) is 5.78 Å². The highest BCUT2D eigenvalue weighted by atomic mass is 16.3. The Bertz CT molecular complexity index is 356. The van der Waals surface area contributed by atoms with Crippen LogP contribution in [0.1, 0.15) is 41.0 Å². The van der Waals surface area contributed by atoms with Gasteiger partial charge >= 0.3 is 0 Å². The Labute approximate surface area is 104 Å². The molecule has 0 bridgehead atoms. The van der Waals surface area contributed by atoms with Crippen LogP contribution in [0.2, 0.25) is 0 Å². The molecule has 0 radical (unpaired) electrons. The van der Waals surface area contributed by atoms with Gasteiger partial charge in [-0.1, -0.05) is 52.8 Å². The second kappa shape index (κ2) is 4.41. The molecule has 96 valence electrons. The second-order valence-corrected chi connectivity index (χ2v) is 6.88. The summed E-state index contributed by atoms with van der Waals surface area (Å²) in [6.07, 6.45) is 3.27. The van der Waals surface area contributed by atoms with Gasteiger partial charge < -0.3 is 5.11 Å². The molecular formula is C15H24O2. The number of ketones is 1. The molecule has 0 fully saturated rings. The maximum absolute atomic E-state index is 11.7. The van der Waals surface area contributed by atoms with E-state index in [1.807, 2.05) is 0 Å². The summed E-state index contributed by atoms with van der Waals surface area (Å²) in [5, 5.41) is 9.82. The average Bonchev–Trinajstić information content (AvgIpc) is 2.41. The predicted molar refractivity (Wildman–Crippen MR) is 70.6 cm³/mol. The van der Waals surface area contributed by atoms with Gasteiger partial charge in [-0.25, -0.2) is 0 Å². The maximum atomic E-state index is 11.7. The number of rotatable bonds is 3. The highest BCUT2D eigenvalue weighted by Crippen LogP contribution is 2.43. The van der Waals surface area contributed by atoms with E-state index in [2.05, 4.69) is 41.2 Å².